The zero-order chi connectivity index (χ0) is 11.4. The van der Waals surface area contributed by atoms with E-state index in [4.69, 9.17) is 5.11 Å². The average molecular weight is 210 g/mol. The van der Waals surface area contributed by atoms with Crippen molar-refractivity contribution in [2.45, 2.75) is 20.0 Å². The van der Waals surface area contributed by atoms with Crippen LogP contribution in [0.2, 0.25) is 0 Å². The fourth-order valence-electron chi connectivity index (χ4n) is 1.06. The molecule has 0 spiro atoms. The average Bonchev–Trinajstić information content (AvgIpc) is 2.62. The van der Waals surface area contributed by atoms with Crippen LogP contribution in [0.4, 0.5) is 0 Å². The topological polar surface area (TPSA) is 82.2 Å². The zero-order valence-electron chi connectivity index (χ0n) is 8.70. The lowest BCUT2D eigenvalue weighted by Gasteiger charge is -2.04. The smallest absolute Gasteiger partial charge is 0.267 e. The fraction of sp³-hybridized carbons (Fsp3) is 0.400. The first-order chi connectivity index (χ1) is 7.00. The molecule has 5 nitrogen and oxygen atoms in total. The van der Waals surface area contributed by atoms with Gasteiger partial charge in [0.1, 0.15) is 5.69 Å². The van der Waals surface area contributed by atoms with Crippen LogP contribution in [0.25, 0.3) is 0 Å². The molecular weight excluding hydrogens is 196 g/mol. The molecule has 82 valence electrons. The SMILES string of the molecule is CC(=O)c1c[nH]c(C(=O)NC[C@H](C)O)c1. The largest absolute Gasteiger partial charge is 0.392 e. The van der Waals surface area contributed by atoms with E-state index < -0.39 is 6.10 Å². The summed E-state index contributed by atoms with van der Waals surface area (Å²) >= 11 is 0. The van der Waals surface area contributed by atoms with Gasteiger partial charge in [-0.25, -0.2) is 0 Å². The minimum absolute atomic E-state index is 0.0965. The van der Waals surface area contributed by atoms with Gasteiger partial charge in [0.15, 0.2) is 5.78 Å². The molecule has 3 N–H and O–H groups in total. The molecule has 1 atom stereocenters. The molecule has 0 bridgehead atoms. The van der Waals surface area contributed by atoms with Crippen molar-refractivity contribution in [3.63, 3.8) is 0 Å². The van der Waals surface area contributed by atoms with Crippen molar-refractivity contribution in [2.75, 3.05) is 6.54 Å². The Balaban J connectivity index is 2.62. The molecule has 0 saturated heterocycles. The predicted octanol–water partition coefficient (Wildman–Crippen LogP) is 0.328. The Bertz CT molecular complexity index is 368. The normalized spacial score (nSPS) is 12.2. The number of Topliss-reactive ketones (excluding diaryl/α,β-unsaturated/α-hetero) is 1. The van der Waals surface area contributed by atoms with E-state index in [1.807, 2.05) is 0 Å². The van der Waals surface area contributed by atoms with Gasteiger partial charge in [-0.1, -0.05) is 0 Å². The summed E-state index contributed by atoms with van der Waals surface area (Å²) in [7, 11) is 0. The number of hydrogen-bond donors (Lipinski definition) is 3. The van der Waals surface area contributed by atoms with Gasteiger partial charge in [0, 0.05) is 18.3 Å². The first-order valence-electron chi connectivity index (χ1n) is 4.66. The van der Waals surface area contributed by atoms with Crippen molar-refractivity contribution in [3.8, 4) is 0 Å². The van der Waals surface area contributed by atoms with E-state index in [1.165, 1.54) is 19.2 Å². The Hall–Kier alpha value is -1.62. The summed E-state index contributed by atoms with van der Waals surface area (Å²) in [5, 5.41) is 11.5. The standard InChI is InChI=1S/C10H14N2O3/c1-6(13)4-12-10(15)9-3-8(5-11-9)7(2)14/h3,5-6,11,13H,4H2,1-2H3,(H,12,15)/t6-/m0/s1. The molecule has 0 saturated carbocycles. The van der Waals surface area contributed by atoms with E-state index in [2.05, 4.69) is 10.3 Å². The van der Waals surface area contributed by atoms with Gasteiger partial charge >= 0.3 is 0 Å². The van der Waals surface area contributed by atoms with E-state index >= 15 is 0 Å². The van der Waals surface area contributed by atoms with E-state index in [-0.39, 0.29) is 18.2 Å². The molecule has 0 fully saturated rings. The number of rotatable bonds is 4. The van der Waals surface area contributed by atoms with Crippen molar-refractivity contribution < 1.29 is 14.7 Å². The second kappa shape index (κ2) is 4.75. The minimum atomic E-state index is -0.587. The molecule has 0 unspecified atom stereocenters. The maximum atomic E-state index is 11.4. The maximum Gasteiger partial charge on any atom is 0.267 e. The molecule has 15 heavy (non-hydrogen) atoms. The van der Waals surface area contributed by atoms with Gasteiger partial charge in [-0.2, -0.15) is 0 Å². The van der Waals surface area contributed by atoms with Crippen molar-refractivity contribution in [1.82, 2.24) is 10.3 Å². The van der Waals surface area contributed by atoms with Gasteiger partial charge in [-0.3, -0.25) is 9.59 Å². The molecule has 0 aliphatic rings. The minimum Gasteiger partial charge on any atom is -0.392 e. The number of nitrogens with one attached hydrogen (secondary N) is 2. The first kappa shape index (κ1) is 11.5. The third-order valence-electron chi connectivity index (χ3n) is 1.89. The highest BCUT2D eigenvalue weighted by atomic mass is 16.3. The molecule has 1 aromatic rings. The molecule has 1 heterocycles. The molecular formula is C10H14N2O3. The maximum absolute atomic E-state index is 11.4. The summed E-state index contributed by atoms with van der Waals surface area (Å²) in [6, 6.07) is 1.49. The van der Waals surface area contributed by atoms with Crippen LogP contribution in [0.15, 0.2) is 12.3 Å². The first-order valence-corrected chi connectivity index (χ1v) is 4.66. The number of H-pyrrole nitrogens is 1. The third-order valence-corrected chi connectivity index (χ3v) is 1.89. The van der Waals surface area contributed by atoms with Gasteiger partial charge in [-0.05, 0) is 19.9 Å². The monoisotopic (exact) mass is 210 g/mol. The third kappa shape index (κ3) is 3.21. The fourth-order valence-corrected chi connectivity index (χ4v) is 1.06. The van der Waals surface area contributed by atoms with Crippen molar-refractivity contribution >= 4 is 11.7 Å². The Labute approximate surface area is 87.5 Å². The Morgan fingerprint density at radius 3 is 2.73 bits per heavy atom. The van der Waals surface area contributed by atoms with Gasteiger partial charge in [-0.15, -0.1) is 0 Å². The lowest BCUT2D eigenvalue weighted by Crippen LogP contribution is -2.30. The number of ketones is 1. The Morgan fingerprint density at radius 1 is 1.60 bits per heavy atom. The highest BCUT2D eigenvalue weighted by Crippen LogP contribution is 2.03. The van der Waals surface area contributed by atoms with E-state index in [0.29, 0.717) is 11.3 Å². The lowest BCUT2D eigenvalue weighted by atomic mass is 10.2. The second-order valence-corrected chi connectivity index (χ2v) is 3.42. The van der Waals surface area contributed by atoms with Crippen molar-refractivity contribution in [3.05, 3.63) is 23.5 Å². The highest BCUT2D eigenvalue weighted by molar-refractivity contribution is 5.99. The van der Waals surface area contributed by atoms with Crippen LogP contribution < -0.4 is 5.32 Å². The van der Waals surface area contributed by atoms with Crippen molar-refractivity contribution in [1.29, 1.82) is 0 Å². The Kier molecular flexibility index (Phi) is 3.62. The van der Waals surface area contributed by atoms with Crippen LogP contribution in [-0.4, -0.2) is 34.4 Å². The van der Waals surface area contributed by atoms with Gasteiger partial charge in [0.25, 0.3) is 5.91 Å². The van der Waals surface area contributed by atoms with Crippen LogP contribution in [0.3, 0.4) is 0 Å². The van der Waals surface area contributed by atoms with E-state index in [0.717, 1.165) is 0 Å². The summed E-state index contributed by atoms with van der Waals surface area (Å²) in [6.45, 7) is 3.20. The van der Waals surface area contributed by atoms with Crippen LogP contribution in [0, 0.1) is 0 Å². The predicted molar refractivity (Wildman–Crippen MR) is 54.8 cm³/mol. The van der Waals surface area contributed by atoms with Gasteiger partial charge in [0.2, 0.25) is 0 Å². The van der Waals surface area contributed by atoms with Crippen LogP contribution >= 0.6 is 0 Å². The summed E-state index contributed by atoms with van der Waals surface area (Å²) in [4.78, 5) is 25.1. The number of aliphatic hydroxyl groups is 1. The van der Waals surface area contributed by atoms with Crippen LogP contribution in [0.1, 0.15) is 34.7 Å². The molecule has 0 aromatic carbocycles. The quantitative estimate of drug-likeness (QED) is 0.626. The van der Waals surface area contributed by atoms with E-state index in [1.54, 1.807) is 6.92 Å². The van der Waals surface area contributed by atoms with Crippen molar-refractivity contribution in [2.24, 2.45) is 0 Å². The van der Waals surface area contributed by atoms with Gasteiger partial charge in [0.05, 0.1) is 6.10 Å². The lowest BCUT2D eigenvalue weighted by molar-refractivity contribution is 0.0919. The molecule has 0 radical (unpaired) electrons. The number of aromatic amines is 1. The second-order valence-electron chi connectivity index (χ2n) is 3.42. The summed E-state index contributed by atoms with van der Waals surface area (Å²) < 4.78 is 0. The number of carbonyl (C=O) groups excluding carboxylic acids is 2. The number of aliphatic hydroxyl groups excluding tert-OH is 1. The molecule has 5 heteroatoms. The van der Waals surface area contributed by atoms with E-state index in [9.17, 15) is 9.59 Å². The number of aromatic nitrogens is 1. The molecule has 0 aliphatic carbocycles. The highest BCUT2D eigenvalue weighted by Gasteiger charge is 2.10. The number of carbonyl (C=O) groups is 2. The number of amides is 1. The number of hydrogen-bond acceptors (Lipinski definition) is 3. The van der Waals surface area contributed by atoms with Crippen LogP contribution in [-0.2, 0) is 0 Å². The summed E-state index contributed by atoms with van der Waals surface area (Å²) in [5.41, 5.74) is 0.790. The summed E-state index contributed by atoms with van der Waals surface area (Å²) in [5.74, 6) is -0.427. The molecule has 1 amide bonds. The molecule has 1 rings (SSSR count). The zero-order valence-corrected chi connectivity index (χ0v) is 8.70. The van der Waals surface area contributed by atoms with Gasteiger partial charge < -0.3 is 15.4 Å². The molecule has 0 aliphatic heterocycles. The van der Waals surface area contributed by atoms with Crippen LogP contribution in [0.5, 0.6) is 0 Å². The summed E-state index contributed by atoms with van der Waals surface area (Å²) in [6.07, 6.45) is 0.899. The molecule has 1 aromatic heterocycles. The Morgan fingerprint density at radius 2 is 2.27 bits per heavy atom.